The van der Waals surface area contributed by atoms with Gasteiger partial charge in [-0.3, -0.25) is 9.78 Å². The number of carbonyl (C=O) groups is 2. The summed E-state index contributed by atoms with van der Waals surface area (Å²) in [4.78, 5) is 30.1. The first-order valence-corrected chi connectivity index (χ1v) is 8.92. The third-order valence-electron chi connectivity index (χ3n) is 3.74. The number of amides is 1. The van der Waals surface area contributed by atoms with Crippen LogP contribution in [0.4, 0.5) is 11.4 Å². The van der Waals surface area contributed by atoms with Gasteiger partial charge in [0.15, 0.2) is 0 Å². The molecule has 144 valence electrons. The monoisotopic (exact) mass is 370 g/mol. The first kappa shape index (κ1) is 20.4. The molecule has 0 saturated heterocycles. The number of pyridine rings is 1. The largest absolute Gasteiger partial charge is 0.462 e. The molecule has 2 N–H and O–H groups in total. The Morgan fingerprint density at radius 1 is 1.11 bits per heavy atom. The third-order valence-corrected chi connectivity index (χ3v) is 3.74. The van der Waals surface area contributed by atoms with Gasteiger partial charge in [-0.2, -0.15) is 0 Å². The Hall–Kier alpha value is -2.93. The van der Waals surface area contributed by atoms with E-state index in [9.17, 15) is 9.59 Å². The predicted octanol–water partition coefficient (Wildman–Crippen LogP) is 2.68. The molecule has 0 saturated carbocycles. The van der Waals surface area contributed by atoms with Gasteiger partial charge in [-0.05, 0) is 70.4 Å². The zero-order valence-electron chi connectivity index (χ0n) is 16.0. The molecular formula is C20H26N4O3. The van der Waals surface area contributed by atoms with Gasteiger partial charge >= 0.3 is 5.97 Å². The van der Waals surface area contributed by atoms with E-state index in [4.69, 9.17) is 4.74 Å². The number of nitrogens with zero attached hydrogens (tertiary/aromatic N) is 2. The van der Waals surface area contributed by atoms with E-state index >= 15 is 0 Å². The zero-order chi connectivity index (χ0) is 19.6. The average molecular weight is 370 g/mol. The Bertz CT molecular complexity index is 760. The molecule has 0 atom stereocenters. The first-order valence-electron chi connectivity index (χ1n) is 8.92. The van der Waals surface area contributed by atoms with E-state index in [1.165, 1.54) is 0 Å². The van der Waals surface area contributed by atoms with Crippen molar-refractivity contribution in [2.24, 2.45) is 0 Å². The standard InChI is InChI=1S/C20H26N4O3/c1-4-27-20(26)15-6-8-16(9-7-15)23-17-10-12-21-18(14-17)19(25)22-11-5-13-24(2)3/h6-10,12,14H,4-5,11,13H2,1-3H3,(H,21,23)(H,22,25). The van der Waals surface area contributed by atoms with Gasteiger partial charge in [-0.15, -0.1) is 0 Å². The summed E-state index contributed by atoms with van der Waals surface area (Å²) < 4.78 is 4.97. The quantitative estimate of drug-likeness (QED) is 0.522. The highest BCUT2D eigenvalue weighted by Gasteiger charge is 2.09. The maximum Gasteiger partial charge on any atom is 0.338 e. The van der Waals surface area contributed by atoms with Crippen LogP contribution in [0.15, 0.2) is 42.6 Å². The molecule has 0 radical (unpaired) electrons. The zero-order valence-corrected chi connectivity index (χ0v) is 16.0. The minimum absolute atomic E-state index is 0.199. The summed E-state index contributed by atoms with van der Waals surface area (Å²) >= 11 is 0. The first-order chi connectivity index (χ1) is 13.0. The average Bonchev–Trinajstić information content (AvgIpc) is 2.66. The van der Waals surface area contributed by atoms with Crippen molar-refractivity contribution in [2.75, 3.05) is 39.1 Å². The van der Waals surface area contributed by atoms with E-state index in [-0.39, 0.29) is 11.9 Å². The second-order valence-electron chi connectivity index (χ2n) is 6.27. The number of nitrogens with one attached hydrogen (secondary N) is 2. The SMILES string of the molecule is CCOC(=O)c1ccc(Nc2ccnc(C(=O)NCCCN(C)C)c2)cc1. The number of aromatic nitrogens is 1. The molecule has 1 amide bonds. The van der Waals surface area contributed by atoms with Gasteiger partial charge in [0.2, 0.25) is 0 Å². The molecule has 0 fully saturated rings. The van der Waals surface area contributed by atoms with E-state index in [0.717, 1.165) is 24.3 Å². The number of hydrogen-bond donors (Lipinski definition) is 2. The lowest BCUT2D eigenvalue weighted by Crippen LogP contribution is -2.27. The van der Waals surface area contributed by atoms with Gasteiger partial charge in [0, 0.05) is 24.1 Å². The Labute approximate surface area is 159 Å². The van der Waals surface area contributed by atoms with Crippen molar-refractivity contribution in [3.05, 3.63) is 53.9 Å². The van der Waals surface area contributed by atoms with Crippen LogP contribution in [0.25, 0.3) is 0 Å². The molecule has 1 aromatic heterocycles. The number of hydrogen-bond acceptors (Lipinski definition) is 6. The van der Waals surface area contributed by atoms with E-state index < -0.39 is 0 Å². The highest BCUT2D eigenvalue weighted by Crippen LogP contribution is 2.18. The lowest BCUT2D eigenvalue weighted by atomic mass is 10.2. The van der Waals surface area contributed by atoms with Crippen molar-refractivity contribution >= 4 is 23.3 Å². The van der Waals surface area contributed by atoms with Crippen LogP contribution in [-0.4, -0.2) is 55.6 Å². The summed E-state index contributed by atoms with van der Waals surface area (Å²) in [6.07, 6.45) is 2.47. The highest BCUT2D eigenvalue weighted by atomic mass is 16.5. The minimum Gasteiger partial charge on any atom is -0.462 e. The summed E-state index contributed by atoms with van der Waals surface area (Å²) in [5.41, 5.74) is 2.39. The highest BCUT2D eigenvalue weighted by molar-refractivity contribution is 5.93. The third kappa shape index (κ3) is 6.71. The number of anilines is 2. The summed E-state index contributed by atoms with van der Waals surface area (Å²) in [6.45, 7) is 3.63. The van der Waals surface area contributed by atoms with Gasteiger partial charge in [0.1, 0.15) is 5.69 Å². The van der Waals surface area contributed by atoms with E-state index in [1.54, 1.807) is 49.5 Å². The molecular weight excluding hydrogens is 344 g/mol. The summed E-state index contributed by atoms with van der Waals surface area (Å²) in [7, 11) is 4.00. The fourth-order valence-corrected chi connectivity index (χ4v) is 2.39. The number of rotatable bonds is 9. The summed E-state index contributed by atoms with van der Waals surface area (Å²) in [5.74, 6) is -0.545. The van der Waals surface area contributed by atoms with Gasteiger partial charge in [0.25, 0.3) is 5.91 Å². The van der Waals surface area contributed by atoms with Gasteiger partial charge in [0.05, 0.1) is 12.2 Å². The second kappa shape index (κ2) is 10.3. The van der Waals surface area contributed by atoms with Gasteiger partial charge in [-0.25, -0.2) is 4.79 Å². The molecule has 2 rings (SSSR count). The molecule has 0 aliphatic carbocycles. The minimum atomic E-state index is -0.346. The Balaban J connectivity index is 1.95. The van der Waals surface area contributed by atoms with Crippen LogP contribution in [0.2, 0.25) is 0 Å². The van der Waals surface area contributed by atoms with Crippen LogP contribution in [-0.2, 0) is 4.74 Å². The lowest BCUT2D eigenvalue weighted by molar-refractivity contribution is 0.0526. The van der Waals surface area contributed by atoms with E-state index in [0.29, 0.717) is 24.4 Å². The van der Waals surface area contributed by atoms with Crippen molar-refractivity contribution in [3.63, 3.8) is 0 Å². The molecule has 0 spiro atoms. The van der Waals surface area contributed by atoms with E-state index in [1.807, 2.05) is 14.1 Å². The summed E-state index contributed by atoms with van der Waals surface area (Å²) in [6, 6.07) is 10.4. The Morgan fingerprint density at radius 2 is 1.85 bits per heavy atom. The topological polar surface area (TPSA) is 83.6 Å². The molecule has 27 heavy (non-hydrogen) atoms. The molecule has 1 heterocycles. The van der Waals surface area contributed by atoms with Crippen LogP contribution >= 0.6 is 0 Å². The number of benzene rings is 1. The normalized spacial score (nSPS) is 10.5. The van der Waals surface area contributed by atoms with Crippen LogP contribution < -0.4 is 10.6 Å². The molecule has 0 aliphatic rings. The Morgan fingerprint density at radius 3 is 2.52 bits per heavy atom. The van der Waals surface area contributed by atoms with E-state index in [2.05, 4.69) is 20.5 Å². The van der Waals surface area contributed by atoms with Crippen molar-refractivity contribution in [3.8, 4) is 0 Å². The maximum atomic E-state index is 12.2. The molecule has 7 heteroatoms. The fraction of sp³-hybridized carbons (Fsp3) is 0.350. The maximum absolute atomic E-state index is 12.2. The summed E-state index contributed by atoms with van der Waals surface area (Å²) in [5, 5.41) is 6.07. The van der Waals surface area contributed by atoms with Crippen molar-refractivity contribution in [1.82, 2.24) is 15.2 Å². The molecule has 0 unspecified atom stereocenters. The van der Waals surface area contributed by atoms with Crippen LogP contribution in [0.5, 0.6) is 0 Å². The van der Waals surface area contributed by atoms with Crippen molar-refractivity contribution in [2.45, 2.75) is 13.3 Å². The fourth-order valence-electron chi connectivity index (χ4n) is 2.39. The van der Waals surface area contributed by atoms with Crippen molar-refractivity contribution < 1.29 is 14.3 Å². The number of esters is 1. The molecule has 7 nitrogen and oxygen atoms in total. The predicted molar refractivity (Wildman–Crippen MR) is 105 cm³/mol. The molecule has 1 aromatic carbocycles. The Kier molecular flexibility index (Phi) is 7.76. The molecule has 2 aromatic rings. The lowest BCUT2D eigenvalue weighted by Gasteiger charge is -2.11. The van der Waals surface area contributed by atoms with Crippen LogP contribution in [0.3, 0.4) is 0 Å². The van der Waals surface area contributed by atoms with Crippen LogP contribution in [0.1, 0.15) is 34.2 Å². The van der Waals surface area contributed by atoms with Crippen molar-refractivity contribution in [1.29, 1.82) is 0 Å². The van der Waals surface area contributed by atoms with Gasteiger partial charge in [-0.1, -0.05) is 0 Å². The smallest absolute Gasteiger partial charge is 0.338 e. The second-order valence-corrected chi connectivity index (χ2v) is 6.27. The molecule has 0 aliphatic heterocycles. The van der Waals surface area contributed by atoms with Gasteiger partial charge < -0.3 is 20.3 Å². The van der Waals surface area contributed by atoms with Crippen LogP contribution in [0, 0.1) is 0 Å². The number of carbonyl (C=O) groups excluding carboxylic acids is 2. The molecule has 0 bridgehead atoms. The number of ether oxygens (including phenoxy) is 1.